The van der Waals surface area contributed by atoms with E-state index in [1.54, 1.807) is 5.38 Å². The summed E-state index contributed by atoms with van der Waals surface area (Å²) in [5, 5.41) is 8.27. The average Bonchev–Trinajstić information content (AvgIpc) is 2.81. The number of primary amides is 1. The molecule has 1 saturated heterocycles. The topological polar surface area (TPSA) is 101 Å². The highest BCUT2D eigenvalue weighted by molar-refractivity contribution is 7.03. The standard InChI is InChI=1S/C8H11N5O2S/c9-7(14)6-3-10-1-2-13(6)8(15)5-4-16-12-11-5/h4,6,10H,1-3H2,(H2,9,14). The van der Waals surface area contributed by atoms with Crippen LogP contribution < -0.4 is 11.1 Å². The van der Waals surface area contributed by atoms with Crippen LogP contribution in [0, 0.1) is 0 Å². The molecule has 16 heavy (non-hydrogen) atoms. The number of amides is 2. The van der Waals surface area contributed by atoms with E-state index in [9.17, 15) is 9.59 Å². The minimum Gasteiger partial charge on any atom is -0.368 e. The third-order valence-corrected chi connectivity index (χ3v) is 2.92. The van der Waals surface area contributed by atoms with Gasteiger partial charge in [-0.15, -0.1) is 5.10 Å². The monoisotopic (exact) mass is 241 g/mol. The van der Waals surface area contributed by atoms with Crippen LogP contribution in [0.4, 0.5) is 0 Å². The van der Waals surface area contributed by atoms with Gasteiger partial charge < -0.3 is 16.0 Å². The molecule has 2 amide bonds. The smallest absolute Gasteiger partial charge is 0.276 e. The van der Waals surface area contributed by atoms with Crippen LogP contribution in [0.25, 0.3) is 0 Å². The van der Waals surface area contributed by atoms with Crippen molar-refractivity contribution in [3.8, 4) is 0 Å². The van der Waals surface area contributed by atoms with Crippen molar-refractivity contribution in [1.82, 2.24) is 19.8 Å². The predicted octanol–water partition coefficient (Wildman–Crippen LogP) is -1.56. The SMILES string of the molecule is NC(=O)C1CNCCN1C(=O)c1csnn1. The molecule has 0 saturated carbocycles. The second-order valence-electron chi connectivity index (χ2n) is 3.41. The molecular weight excluding hydrogens is 230 g/mol. The van der Waals surface area contributed by atoms with Crippen LogP contribution in [0.1, 0.15) is 10.5 Å². The van der Waals surface area contributed by atoms with Gasteiger partial charge in [0.1, 0.15) is 6.04 Å². The van der Waals surface area contributed by atoms with E-state index >= 15 is 0 Å². The van der Waals surface area contributed by atoms with Crippen LogP contribution in [0.5, 0.6) is 0 Å². The molecule has 0 aliphatic carbocycles. The van der Waals surface area contributed by atoms with Gasteiger partial charge in [0.2, 0.25) is 5.91 Å². The van der Waals surface area contributed by atoms with Crippen molar-refractivity contribution < 1.29 is 9.59 Å². The fourth-order valence-corrected chi connectivity index (χ4v) is 2.04. The summed E-state index contributed by atoms with van der Waals surface area (Å²) in [4.78, 5) is 24.6. The molecule has 2 rings (SSSR count). The Balaban J connectivity index is 2.17. The quantitative estimate of drug-likeness (QED) is 0.652. The Bertz CT molecular complexity index is 393. The van der Waals surface area contributed by atoms with Crippen molar-refractivity contribution >= 4 is 23.3 Å². The lowest BCUT2D eigenvalue weighted by atomic mass is 10.1. The van der Waals surface area contributed by atoms with Crippen molar-refractivity contribution in [3.05, 3.63) is 11.1 Å². The molecule has 1 fully saturated rings. The summed E-state index contributed by atoms with van der Waals surface area (Å²) < 4.78 is 3.62. The number of carbonyl (C=O) groups is 2. The van der Waals surface area contributed by atoms with Crippen LogP contribution in [0.15, 0.2) is 5.38 Å². The molecule has 0 aromatic carbocycles. The second kappa shape index (κ2) is 4.54. The van der Waals surface area contributed by atoms with E-state index in [1.807, 2.05) is 0 Å². The van der Waals surface area contributed by atoms with E-state index in [-0.39, 0.29) is 11.6 Å². The number of nitrogens with two attached hydrogens (primary N) is 1. The van der Waals surface area contributed by atoms with E-state index in [0.29, 0.717) is 19.6 Å². The Kier molecular flexibility index (Phi) is 3.11. The maximum absolute atomic E-state index is 12.0. The summed E-state index contributed by atoms with van der Waals surface area (Å²) in [6.07, 6.45) is 0. The normalized spacial score (nSPS) is 20.8. The first-order valence-electron chi connectivity index (χ1n) is 4.78. The van der Waals surface area contributed by atoms with Crippen molar-refractivity contribution in [3.63, 3.8) is 0 Å². The fraction of sp³-hybridized carbons (Fsp3) is 0.500. The Hall–Kier alpha value is -1.54. The Morgan fingerprint density at radius 1 is 1.62 bits per heavy atom. The summed E-state index contributed by atoms with van der Waals surface area (Å²) in [5.41, 5.74) is 5.50. The average molecular weight is 241 g/mol. The zero-order valence-corrected chi connectivity index (χ0v) is 9.24. The highest BCUT2D eigenvalue weighted by Crippen LogP contribution is 2.09. The number of nitrogens with one attached hydrogen (secondary N) is 1. The van der Waals surface area contributed by atoms with Crippen molar-refractivity contribution in [2.45, 2.75) is 6.04 Å². The van der Waals surface area contributed by atoms with Gasteiger partial charge in [-0.25, -0.2) is 0 Å². The maximum atomic E-state index is 12.0. The molecule has 8 heteroatoms. The molecule has 1 aliphatic rings. The Morgan fingerprint density at radius 2 is 2.44 bits per heavy atom. The summed E-state index contributed by atoms with van der Waals surface area (Å²) in [6, 6.07) is -0.608. The Labute approximate surface area is 95.8 Å². The van der Waals surface area contributed by atoms with Crippen molar-refractivity contribution in [1.29, 1.82) is 0 Å². The van der Waals surface area contributed by atoms with E-state index in [2.05, 4.69) is 14.9 Å². The van der Waals surface area contributed by atoms with E-state index in [1.165, 1.54) is 4.90 Å². The molecule has 86 valence electrons. The molecule has 3 N–H and O–H groups in total. The first kappa shape index (κ1) is 11.0. The summed E-state index contributed by atoms with van der Waals surface area (Å²) in [7, 11) is 0. The van der Waals surface area contributed by atoms with Gasteiger partial charge in [-0.1, -0.05) is 4.49 Å². The summed E-state index contributed by atoms with van der Waals surface area (Å²) in [5.74, 6) is -0.803. The van der Waals surface area contributed by atoms with E-state index < -0.39 is 11.9 Å². The molecule has 0 spiro atoms. The van der Waals surface area contributed by atoms with Gasteiger partial charge in [-0.2, -0.15) is 0 Å². The molecule has 1 unspecified atom stereocenters. The first-order valence-corrected chi connectivity index (χ1v) is 5.62. The lowest BCUT2D eigenvalue weighted by Crippen LogP contribution is -2.58. The van der Waals surface area contributed by atoms with Crippen LogP contribution in [0.2, 0.25) is 0 Å². The van der Waals surface area contributed by atoms with Gasteiger partial charge >= 0.3 is 0 Å². The minimum atomic E-state index is -0.608. The highest BCUT2D eigenvalue weighted by atomic mass is 32.1. The number of hydrogen-bond acceptors (Lipinski definition) is 6. The predicted molar refractivity (Wildman–Crippen MR) is 56.8 cm³/mol. The largest absolute Gasteiger partial charge is 0.368 e. The molecule has 1 aromatic heterocycles. The van der Waals surface area contributed by atoms with Crippen LogP contribution >= 0.6 is 11.5 Å². The summed E-state index contributed by atoms with van der Waals surface area (Å²) in [6.45, 7) is 1.48. The van der Waals surface area contributed by atoms with Gasteiger partial charge in [0, 0.05) is 25.0 Å². The van der Waals surface area contributed by atoms with Gasteiger partial charge in [0.25, 0.3) is 5.91 Å². The second-order valence-corrected chi connectivity index (χ2v) is 4.02. The van der Waals surface area contributed by atoms with Crippen molar-refractivity contribution in [2.75, 3.05) is 19.6 Å². The van der Waals surface area contributed by atoms with Gasteiger partial charge in [0.15, 0.2) is 5.69 Å². The fourth-order valence-electron chi connectivity index (χ4n) is 1.61. The molecular formula is C8H11N5O2S. The number of carbonyl (C=O) groups excluding carboxylic acids is 2. The molecule has 1 aromatic rings. The maximum Gasteiger partial charge on any atom is 0.276 e. The molecule has 0 radical (unpaired) electrons. The number of piperazine rings is 1. The lowest BCUT2D eigenvalue weighted by Gasteiger charge is -2.33. The molecule has 2 heterocycles. The highest BCUT2D eigenvalue weighted by Gasteiger charge is 2.31. The van der Waals surface area contributed by atoms with Crippen LogP contribution in [-0.2, 0) is 4.79 Å². The van der Waals surface area contributed by atoms with Crippen LogP contribution in [-0.4, -0.2) is 52.0 Å². The third kappa shape index (κ3) is 2.02. The number of nitrogens with zero attached hydrogens (tertiary/aromatic N) is 3. The lowest BCUT2D eigenvalue weighted by molar-refractivity contribution is -0.122. The zero-order valence-electron chi connectivity index (χ0n) is 8.42. The number of hydrogen-bond donors (Lipinski definition) is 2. The van der Waals surface area contributed by atoms with Gasteiger partial charge in [-0.3, -0.25) is 9.59 Å². The zero-order chi connectivity index (χ0) is 11.5. The van der Waals surface area contributed by atoms with Crippen molar-refractivity contribution in [2.24, 2.45) is 5.73 Å². The van der Waals surface area contributed by atoms with E-state index in [4.69, 9.17) is 5.73 Å². The minimum absolute atomic E-state index is 0.262. The van der Waals surface area contributed by atoms with E-state index in [0.717, 1.165) is 11.5 Å². The summed E-state index contributed by atoms with van der Waals surface area (Å²) >= 11 is 1.10. The molecule has 1 aliphatic heterocycles. The Morgan fingerprint density at radius 3 is 3.06 bits per heavy atom. The first-order chi connectivity index (χ1) is 7.70. The molecule has 7 nitrogen and oxygen atoms in total. The molecule has 1 atom stereocenters. The van der Waals surface area contributed by atoms with Gasteiger partial charge in [-0.05, 0) is 11.5 Å². The number of aromatic nitrogens is 2. The third-order valence-electron chi connectivity index (χ3n) is 2.41. The van der Waals surface area contributed by atoms with Crippen LogP contribution in [0.3, 0.4) is 0 Å². The molecule has 0 bridgehead atoms. The van der Waals surface area contributed by atoms with Gasteiger partial charge in [0.05, 0.1) is 0 Å². The number of rotatable bonds is 2.